The number of halogens is 3. The van der Waals surface area contributed by atoms with Gasteiger partial charge < -0.3 is 4.90 Å². The van der Waals surface area contributed by atoms with Crippen molar-refractivity contribution in [1.29, 1.82) is 0 Å². The van der Waals surface area contributed by atoms with E-state index in [1.807, 2.05) is 0 Å². The maximum Gasteiger partial charge on any atom is 0.255 e. The normalized spacial score (nSPS) is 22.4. The minimum absolute atomic E-state index is 0.0960. The number of rotatable bonds is 3. The Bertz CT molecular complexity index is 462. The van der Waals surface area contributed by atoms with Crippen LogP contribution in [-0.2, 0) is 0 Å². The molecule has 0 radical (unpaired) electrons. The Kier molecular flexibility index (Phi) is 4.28. The summed E-state index contributed by atoms with van der Waals surface area (Å²) in [6.07, 6.45) is 2.16. The number of hydrogen-bond donors (Lipinski definition) is 0. The molecule has 5 heteroatoms. The summed E-state index contributed by atoms with van der Waals surface area (Å²) in [5, 5.41) is -0.0960. The molecule has 1 aliphatic rings. The van der Waals surface area contributed by atoms with Gasteiger partial charge in [-0.3, -0.25) is 4.79 Å². The zero-order valence-electron chi connectivity index (χ0n) is 10.00. The highest BCUT2D eigenvalue weighted by Gasteiger charge is 2.29. The number of benzene rings is 1. The molecule has 1 saturated carbocycles. The fourth-order valence-electron chi connectivity index (χ4n) is 2.15. The van der Waals surface area contributed by atoms with Crippen LogP contribution in [0.5, 0.6) is 0 Å². The SMILES string of the molecule is CN(CC1CC(Br)C1)C(=O)c1cccc(F)c1Cl. The van der Waals surface area contributed by atoms with E-state index in [4.69, 9.17) is 11.6 Å². The van der Waals surface area contributed by atoms with E-state index in [-0.39, 0.29) is 16.5 Å². The van der Waals surface area contributed by atoms with Crippen molar-refractivity contribution in [2.24, 2.45) is 5.92 Å². The summed E-state index contributed by atoms with van der Waals surface area (Å²) < 4.78 is 13.3. The molecule has 1 aliphatic carbocycles. The van der Waals surface area contributed by atoms with Crippen LogP contribution in [0.3, 0.4) is 0 Å². The van der Waals surface area contributed by atoms with Crippen LogP contribution in [0.1, 0.15) is 23.2 Å². The first-order valence-corrected chi connectivity index (χ1v) is 7.12. The summed E-state index contributed by atoms with van der Waals surface area (Å²) >= 11 is 9.33. The van der Waals surface area contributed by atoms with Gasteiger partial charge in [-0.15, -0.1) is 0 Å². The molecule has 0 unspecified atom stereocenters. The number of amides is 1. The van der Waals surface area contributed by atoms with E-state index in [2.05, 4.69) is 15.9 Å². The molecule has 0 saturated heterocycles. The monoisotopic (exact) mass is 333 g/mol. The molecular formula is C13H14BrClFNO. The van der Waals surface area contributed by atoms with Gasteiger partial charge in [0.1, 0.15) is 5.82 Å². The summed E-state index contributed by atoms with van der Waals surface area (Å²) in [6, 6.07) is 4.30. The van der Waals surface area contributed by atoms with Gasteiger partial charge in [-0.25, -0.2) is 4.39 Å². The van der Waals surface area contributed by atoms with Crippen molar-refractivity contribution in [3.8, 4) is 0 Å². The van der Waals surface area contributed by atoms with Gasteiger partial charge in [-0.05, 0) is 30.9 Å². The Balaban J connectivity index is 2.04. The predicted octanol–water partition coefficient (Wildman–Crippen LogP) is 3.72. The van der Waals surface area contributed by atoms with Gasteiger partial charge in [0, 0.05) is 18.4 Å². The van der Waals surface area contributed by atoms with Gasteiger partial charge in [0.15, 0.2) is 0 Å². The Morgan fingerprint density at radius 2 is 2.22 bits per heavy atom. The second kappa shape index (κ2) is 5.57. The highest BCUT2D eigenvalue weighted by molar-refractivity contribution is 9.09. The molecule has 18 heavy (non-hydrogen) atoms. The van der Waals surface area contributed by atoms with Crippen molar-refractivity contribution in [2.45, 2.75) is 17.7 Å². The summed E-state index contributed by atoms with van der Waals surface area (Å²) in [5.74, 6) is -0.256. The van der Waals surface area contributed by atoms with Gasteiger partial charge in [0.2, 0.25) is 0 Å². The standard InChI is InChI=1S/C13H14BrClFNO/c1-17(7-8-5-9(14)6-8)13(18)10-3-2-4-11(16)12(10)15/h2-4,8-9H,5-7H2,1H3. The molecule has 1 amide bonds. The number of carbonyl (C=O) groups is 1. The maximum atomic E-state index is 13.3. The van der Waals surface area contributed by atoms with Crippen LogP contribution in [0.2, 0.25) is 5.02 Å². The average Bonchev–Trinajstić information content (AvgIpc) is 2.30. The van der Waals surface area contributed by atoms with E-state index < -0.39 is 5.82 Å². The highest BCUT2D eigenvalue weighted by Crippen LogP contribution is 2.34. The largest absolute Gasteiger partial charge is 0.341 e. The van der Waals surface area contributed by atoms with Gasteiger partial charge in [0.05, 0.1) is 10.6 Å². The Labute approximate surface area is 119 Å². The number of carbonyl (C=O) groups excluding carboxylic acids is 1. The average molecular weight is 335 g/mol. The lowest BCUT2D eigenvalue weighted by atomic mass is 9.85. The van der Waals surface area contributed by atoms with Crippen molar-refractivity contribution in [3.05, 3.63) is 34.6 Å². The molecule has 0 bridgehead atoms. The first-order valence-electron chi connectivity index (χ1n) is 5.82. The van der Waals surface area contributed by atoms with Crippen LogP contribution < -0.4 is 0 Å². The van der Waals surface area contributed by atoms with Crippen molar-refractivity contribution < 1.29 is 9.18 Å². The molecule has 0 heterocycles. The van der Waals surface area contributed by atoms with Gasteiger partial charge in [-0.2, -0.15) is 0 Å². The molecule has 1 fully saturated rings. The topological polar surface area (TPSA) is 20.3 Å². The Morgan fingerprint density at radius 3 is 2.83 bits per heavy atom. The third-order valence-corrected chi connectivity index (χ3v) is 4.37. The second-order valence-electron chi connectivity index (χ2n) is 4.72. The zero-order valence-corrected chi connectivity index (χ0v) is 12.3. The molecule has 1 aromatic carbocycles. The van der Waals surface area contributed by atoms with Crippen molar-refractivity contribution in [3.63, 3.8) is 0 Å². The van der Waals surface area contributed by atoms with E-state index in [0.717, 1.165) is 12.8 Å². The summed E-state index contributed by atoms with van der Waals surface area (Å²) in [6.45, 7) is 0.688. The molecule has 0 aliphatic heterocycles. The number of nitrogens with zero attached hydrogens (tertiary/aromatic N) is 1. The van der Waals surface area contributed by atoms with E-state index in [1.54, 1.807) is 18.0 Å². The lowest BCUT2D eigenvalue weighted by Gasteiger charge is -2.34. The summed E-state index contributed by atoms with van der Waals surface area (Å²) in [5.41, 5.74) is 0.230. The van der Waals surface area contributed by atoms with Crippen molar-refractivity contribution in [1.82, 2.24) is 4.90 Å². The lowest BCUT2D eigenvalue weighted by molar-refractivity contribution is 0.0748. The van der Waals surface area contributed by atoms with Gasteiger partial charge >= 0.3 is 0 Å². The fraction of sp³-hybridized carbons (Fsp3) is 0.462. The first-order chi connectivity index (χ1) is 8.49. The van der Waals surface area contributed by atoms with Crippen molar-refractivity contribution in [2.75, 3.05) is 13.6 Å². The van der Waals surface area contributed by atoms with E-state index in [1.165, 1.54) is 12.1 Å². The van der Waals surface area contributed by atoms with Crippen LogP contribution in [-0.4, -0.2) is 29.2 Å². The predicted molar refractivity (Wildman–Crippen MR) is 73.8 cm³/mol. The van der Waals surface area contributed by atoms with Crippen LogP contribution in [0, 0.1) is 11.7 Å². The third kappa shape index (κ3) is 2.86. The van der Waals surface area contributed by atoms with Crippen LogP contribution in [0.4, 0.5) is 4.39 Å². The van der Waals surface area contributed by atoms with E-state index in [9.17, 15) is 9.18 Å². The molecule has 2 nitrogen and oxygen atoms in total. The minimum Gasteiger partial charge on any atom is -0.341 e. The smallest absolute Gasteiger partial charge is 0.255 e. The molecule has 2 rings (SSSR count). The molecule has 0 atom stereocenters. The maximum absolute atomic E-state index is 13.3. The quantitative estimate of drug-likeness (QED) is 0.771. The molecule has 0 N–H and O–H groups in total. The Hall–Kier alpha value is -0.610. The van der Waals surface area contributed by atoms with Gasteiger partial charge in [0.25, 0.3) is 5.91 Å². The fourth-order valence-corrected chi connectivity index (χ4v) is 3.41. The summed E-state index contributed by atoms with van der Waals surface area (Å²) in [7, 11) is 1.73. The number of hydrogen-bond acceptors (Lipinski definition) is 1. The van der Waals surface area contributed by atoms with Crippen LogP contribution >= 0.6 is 27.5 Å². The molecule has 0 spiro atoms. The lowest BCUT2D eigenvalue weighted by Crippen LogP contribution is -2.37. The summed E-state index contributed by atoms with van der Waals surface area (Å²) in [4.78, 5) is 14.3. The highest BCUT2D eigenvalue weighted by atomic mass is 79.9. The molecule has 0 aromatic heterocycles. The zero-order chi connectivity index (χ0) is 13.3. The van der Waals surface area contributed by atoms with Crippen LogP contribution in [0.25, 0.3) is 0 Å². The Morgan fingerprint density at radius 1 is 1.56 bits per heavy atom. The molecular weight excluding hydrogens is 321 g/mol. The number of alkyl halides is 1. The van der Waals surface area contributed by atoms with E-state index >= 15 is 0 Å². The van der Waals surface area contributed by atoms with Gasteiger partial charge in [-0.1, -0.05) is 33.6 Å². The minimum atomic E-state index is -0.555. The van der Waals surface area contributed by atoms with E-state index in [0.29, 0.717) is 17.3 Å². The van der Waals surface area contributed by atoms with Crippen LogP contribution in [0.15, 0.2) is 18.2 Å². The molecule has 1 aromatic rings. The molecule has 98 valence electrons. The third-order valence-electron chi connectivity index (χ3n) is 3.24. The van der Waals surface area contributed by atoms with Crippen molar-refractivity contribution >= 4 is 33.4 Å². The first kappa shape index (κ1) is 13.8. The second-order valence-corrected chi connectivity index (χ2v) is 6.39.